The second-order valence-corrected chi connectivity index (χ2v) is 7.32. The third-order valence-electron chi connectivity index (χ3n) is 2.98. The number of rotatable bonds is 6. The first-order valence-corrected chi connectivity index (χ1v) is 8.75. The van der Waals surface area contributed by atoms with Gasteiger partial charge in [-0.3, -0.25) is 0 Å². The molecule has 1 aromatic heterocycles. The summed E-state index contributed by atoms with van der Waals surface area (Å²) in [6, 6.07) is 7.51. The lowest BCUT2D eigenvalue weighted by Crippen LogP contribution is -2.09. The lowest BCUT2D eigenvalue weighted by Gasteiger charge is -2.08. The minimum Gasteiger partial charge on any atom is -0.497 e. The van der Waals surface area contributed by atoms with Crippen LogP contribution in [0.15, 0.2) is 29.2 Å². The number of benzene rings is 1. The smallest absolute Gasteiger partial charge is 0.184 e. The van der Waals surface area contributed by atoms with Crippen LogP contribution in [0.4, 0.5) is 10.8 Å². The van der Waals surface area contributed by atoms with Gasteiger partial charge in [-0.2, -0.15) is 4.37 Å². The van der Waals surface area contributed by atoms with E-state index in [4.69, 9.17) is 10.5 Å². The molecule has 6 nitrogen and oxygen atoms in total. The van der Waals surface area contributed by atoms with Crippen LogP contribution < -0.4 is 15.8 Å². The number of nitrogens with two attached hydrogens (primary N) is 1. The highest BCUT2D eigenvalue weighted by Crippen LogP contribution is 2.32. The van der Waals surface area contributed by atoms with Crippen LogP contribution in [0, 0.1) is 0 Å². The molecule has 1 aromatic carbocycles. The normalized spacial score (nSPS) is 11.3. The molecule has 0 atom stereocenters. The van der Waals surface area contributed by atoms with E-state index >= 15 is 0 Å². The Morgan fingerprint density at radius 3 is 2.57 bits per heavy atom. The van der Waals surface area contributed by atoms with E-state index in [-0.39, 0.29) is 16.5 Å². The summed E-state index contributed by atoms with van der Waals surface area (Å²) in [5, 5.41) is 3.56. The summed E-state index contributed by atoms with van der Waals surface area (Å²) in [5.41, 5.74) is 6.68. The average Bonchev–Trinajstić information content (AvgIpc) is 2.87. The lowest BCUT2D eigenvalue weighted by atomic mass is 10.2. The van der Waals surface area contributed by atoms with Gasteiger partial charge in [-0.1, -0.05) is 19.1 Å². The van der Waals surface area contributed by atoms with Crippen molar-refractivity contribution in [3.05, 3.63) is 29.8 Å². The summed E-state index contributed by atoms with van der Waals surface area (Å²) in [4.78, 5) is 0.100. The Morgan fingerprint density at radius 2 is 2.00 bits per heavy atom. The van der Waals surface area contributed by atoms with Gasteiger partial charge >= 0.3 is 0 Å². The van der Waals surface area contributed by atoms with Crippen LogP contribution in [-0.2, 0) is 16.4 Å². The molecule has 2 rings (SSSR count). The zero-order valence-corrected chi connectivity index (χ0v) is 13.4. The summed E-state index contributed by atoms with van der Waals surface area (Å²) < 4.78 is 33.1. The zero-order chi connectivity index (χ0) is 15.5. The molecule has 0 amide bonds. The van der Waals surface area contributed by atoms with Crippen molar-refractivity contribution in [1.29, 1.82) is 0 Å². The van der Waals surface area contributed by atoms with Crippen LogP contribution in [0.25, 0.3) is 0 Å². The molecule has 2 aromatic rings. The summed E-state index contributed by atoms with van der Waals surface area (Å²) in [6.07, 6.45) is 0. The third kappa shape index (κ3) is 3.45. The molecule has 8 heteroatoms. The first-order chi connectivity index (χ1) is 9.97. The van der Waals surface area contributed by atoms with Gasteiger partial charge in [-0.25, -0.2) is 8.42 Å². The Bertz CT molecular complexity index is 709. The van der Waals surface area contributed by atoms with Crippen LogP contribution >= 0.6 is 11.5 Å². The largest absolute Gasteiger partial charge is 0.497 e. The predicted octanol–water partition coefficient (Wildman–Crippen LogP) is 2.14. The van der Waals surface area contributed by atoms with Crippen molar-refractivity contribution in [1.82, 2.24) is 4.37 Å². The molecular formula is C13H17N3O3S2. The van der Waals surface area contributed by atoms with Gasteiger partial charge in [0.1, 0.15) is 15.6 Å². The van der Waals surface area contributed by atoms with Crippen molar-refractivity contribution in [3.8, 4) is 5.75 Å². The number of hydrogen-bond acceptors (Lipinski definition) is 7. The average molecular weight is 327 g/mol. The van der Waals surface area contributed by atoms with Gasteiger partial charge in [0.05, 0.1) is 12.9 Å². The molecule has 3 N–H and O–H groups in total. The van der Waals surface area contributed by atoms with E-state index in [0.29, 0.717) is 11.5 Å². The van der Waals surface area contributed by atoms with Gasteiger partial charge in [-0.05, 0) is 29.2 Å². The van der Waals surface area contributed by atoms with Crippen LogP contribution in [0.3, 0.4) is 0 Å². The molecule has 0 saturated heterocycles. The standard InChI is InChI=1S/C13H17N3O3S2/c1-3-21(17,18)11-12(14)16-20-13(11)15-8-9-4-6-10(19-2)7-5-9/h4-7,15H,3,8H2,1-2H3,(H2,14,16). The monoisotopic (exact) mass is 327 g/mol. The summed E-state index contributed by atoms with van der Waals surface area (Å²) in [5.74, 6) is 0.821. The van der Waals surface area contributed by atoms with E-state index in [1.165, 1.54) is 0 Å². The number of nitrogens with zero attached hydrogens (tertiary/aromatic N) is 1. The van der Waals surface area contributed by atoms with Crippen molar-refractivity contribution < 1.29 is 13.2 Å². The van der Waals surface area contributed by atoms with Gasteiger partial charge in [0.15, 0.2) is 15.7 Å². The number of nitrogens with one attached hydrogen (secondary N) is 1. The molecule has 0 aliphatic carbocycles. The number of sulfone groups is 1. The number of anilines is 2. The first-order valence-electron chi connectivity index (χ1n) is 6.32. The second kappa shape index (κ2) is 6.31. The molecular weight excluding hydrogens is 310 g/mol. The van der Waals surface area contributed by atoms with E-state index in [9.17, 15) is 8.42 Å². The fourth-order valence-electron chi connectivity index (χ4n) is 1.78. The summed E-state index contributed by atoms with van der Waals surface area (Å²) >= 11 is 1.06. The lowest BCUT2D eigenvalue weighted by molar-refractivity contribution is 0.414. The second-order valence-electron chi connectivity index (χ2n) is 4.33. The minimum atomic E-state index is -3.39. The third-order valence-corrected chi connectivity index (χ3v) is 5.72. The van der Waals surface area contributed by atoms with Crippen molar-refractivity contribution in [2.75, 3.05) is 23.9 Å². The van der Waals surface area contributed by atoms with Crippen LogP contribution in [-0.4, -0.2) is 25.7 Å². The fourth-order valence-corrected chi connectivity index (χ4v) is 3.94. The van der Waals surface area contributed by atoms with Crippen LogP contribution in [0.5, 0.6) is 5.75 Å². The molecule has 0 unspecified atom stereocenters. The van der Waals surface area contributed by atoms with Gasteiger partial charge in [0, 0.05) is 6.54 Å². The quantitative estimate of drug-likeness (QED) is 0.844. The van der Waals surface area contributed by atoms with E-state index in [1.807, 2.05) is 24.3 Å². The number of hydrogen-bond donors (Lipinski definition) is 2. The van der Waals surface area contributed by atoms with E-state index in [2.05, 4.69) is 9.69 Å². The maximum atomic E-state index is 12.0. The van der Waals surface area contributed by atoms with Gasteiger partial charge in [0.2, 0.25) is 0 Å². The highest BCUT2D eigenvalue weighted by molar-refractivity contribution is 7.91. The van der Waals surface area contributed by atoms with Crippen LogP contribution in [0.1, 0.15) is 12.5 Å². The summed E-state index contributed by atoms with van der Waals surface area (Å²) in [7, 11) is -1.78. The highest BCUT2D eigenvalue weighted by Gasteiger charge is 2.23. The van der Waals surface area contributed by atoms with E-state index in [0.717, 1.165) is 22.8 Å². The molecule has 0 spiro atoms. The molecule has 1 heterocycles. The number of methoxy groups -OCH3 is 1. The Labute approximate surface area is 128 Å². The molecule has 0 aliphatic rings. The first kappa shape index (κ1) is 15.6. The molecule has 21 heavy (non-hydrogen) atoms. The number of aromatic nitrogens is 1. The zero-order valence-electron chi connectivity index (χ0n) is 11.8. The van der Waals surface area contributed by atoms with E-state index in [1.54, 1.807) is 14.0 Å². The van der Waals surface area contributed by atoms with Gasteiger partial charge in [-0.15, -0.1) is 0 Å². The Hall–Kier alpha value is -1.80. The Kier molecular flexibility index (Phi) is 4.69. The van der Waals surface area contributed by atoms with Crippen LogP contribution in [0.2, 0.25) is 0 Å². The van der Waals surface area contributed by atoms with Crippen molar-refractivity contribution >= 4 is 32.2 Å². The molecule has 0 aliphatic heterocycles. The summed E-state index contributed by atoms with van der Waals surface area (Å²) in [6.45, 7) is 2.07. The Balaban J connectivity index is 2.17. The van der Waals surface area contributed by atoms with Crippen molar-refractivity contribution in [2.45, 2.75) is 18.4 Å². The SMILES string of the molecule is CCS(=O)(=O)c1c(N)nsc1NCc1ccc(OC)cc1. The number of ether oxygens (including phenoxy) is 1. The molecule has 0 radical (unpaired) electrons. The Morgan fingerprint density at radius 1 is 1.33 bits per heavy atom. The van der Waals surface area contributed by atoms with E-state index < -0.39 is 9.84 Å². The van der Waals surface area contributed by atoms with Gasteiger partial charge in [0.25, 0.3) is 0 Å². The molecule has 0 bridgehead atoms. The van der Waals surface area contributed by atoms with Gasteiger partial charge < -0.3 is 15.8 Å². The maximum Gasteiger partial charge on any atom is 0.184 e. The number of nitrogen functional groups attached to an aromatic ring is 1. The maximum absolute atomic E-state index is 12.0. The topological polar surface area (TPSA) is 94.3 Å². The van der Waals surface area contributed by atoms with Crippen molar-refractivity contribution in [3.63, 3.8) is 0 Å². The fraction of sp³-hybridized carbons (Fsp3) is 0.308. The molecule has 114 valence electrons. The predicted molar refractivity (Wildman–Crippen MR) is 84.6 cm³/mol. The minimum absolute atomic E-state index is 0.00711. The highest BCUT2D eigenvalue weighted by atomic mass is 32.2. The van der Waals surface area contributed by atoms with Crippen molar-refractivity contribution in [2.24, 2.45) is 0 Å². The molecule has 0 fully saturated rings. The molecule has 0 saturated carbocycles.